The fourth-order valence-corrected chi connectivity index (χ4v) is 0.751. The lowest BCUT2D eigenvalue weighted by molar-refractivity contribution is -0.114. The van der Waals surface area contributed by atoms with E-state index in [9.17, 15) is 9.59 Å². The molecule has 174 valence electrons. The lowest BCUT2D eigenvalue weighted by atomic mass is 9.86. The maximum atomic E-state index is 10.0. The quantitative estimate of drug-likeness (QED) is 0.274. The molecule has 2 saturated heterocycles. The Hall–Kier alpha value is -2.27. The first-order valence-electron chi connectivity index (χ1n) is 9.64. The molecule has 2 aliphatic rings. The minimum atomic E-state index is 0.0185. The van der Waals surface area contributed by atoms with Crippen molar-refractivity contribution in [3.63, 3.8) is 0 Å². The fraction of sp³-hybridized carbons (Fsp3) is 0.583. The van der Waals surface area contributed by atoms with Gasteiger partial charge in [0.25, 0.3) is 0 Å². The van der Waals surface area contributed by atoms with Crippen molar-refractivity contribution in [3.8, 4) is 0 Å². The van der Waals surface area contributed by atoms with E-state index in [1.54, 1.807) is 21.1 Å². The molecule has 2 fully saturated rings. The van der Waals surface area contributed by atoms with Gasteiger partial charge in [-0.25, -0.2) is 4.99 Å². The summed E-state index contributed by atoms with van der Waals surface area (Å²) in [7, 11) is 3.19. The summed E-state index contributed by atoms with van der Waals surface area (Å²) in [5, 5.41) is 0. The number of hydrogen-bond donors (Lipinski definition) is 0. The molecular formula is C24H43NO5. The molecule has 6 nitrogen and oxygen atoms in total. The van der Waals surface area contributed by atoms with E-state index in [0.29, 0.717) is 17.1 Å². The molecule has 30 heavy (non-hydrogen) atoms. The van der Waals surface area contributed by atoms with Crippen LogP contribution in [0.15, 0.2) is 49.2 Å². The van der Waals surface area contributed by atoms with Crippen molar-refractivity contribution in [1.82, 2.24) is 0 Å². The normalized spacial score (nSPS) is 15.4. The molecule has 6 heteroatoms. The highest BCUT2D eigenvalue weighted by atomic mass is 16.6. The summed E-state index contributed by atoms with van der Waals surface area (Å²) >= 11 is 0. The van der Waals surface area contributed by atoms with E-state index in [4.69, 9.17) is 9.47 Å². The summed E-state index contributed by atoms with van der Waals surface area (Å²) in [6.07, 6.45) is 4.49. The van der Waals surface area contributed by atoms with Crippen LogP contribution < -0.4 is 0 Å². The second kappa shape index (κ2) is 24.8. The molecule has 0 N–H and O–H groups in total. The van der Waals surface area contributed by atoms with Gasteiger partial charge in [0.2, 0.25) is 0 Å². The molecule has 0 aromatic rings. The lowest BCUT2D eigenvalue weighted by Gasteiger charge is -2.36. The number of nitrogens with zero attached hydrogens (tertiary/aromatic N) is 1. The summed E-state index contributed by atoms with van der Waals surface area (Å²) in [6, 6.07) is 0. The summed E-state index contributed by atoms with van der Waals surface area (Å²) in [6.45, 7) is 27.2. The molecule has 1 unspecified atom stereocenters. The number of aliphatic imine (C=N–C) groups is 1. The van der Waals surface area contributed by atoms with Gasteiger partial charge in [-0.1, -0.05) is 33.6 Å². The standard InChI is InChI=1S/C6H12O.C5H8O.C4H6O.C3H5N.2C3H6O/c1-3-6(2)4-7-5-6;1-4(2)5(3)6;1-3-4(2)5;1-3-4-2;1-3-2-4-3;1-3-4-2/h3-5H2,1-2H3;1H2,2-3H3;3H,1H2,2H3;1H2,2H3;3H,2H2,1H3;3H,1H2,2H3. The van der Waals surface area contributed by atoms with Gasteiger partial charge in [0.05, 0.1) is 39.3 Å². The highest BCUT2D eigenvalue weighted by Crippen LogP contribution is 2.29. The van der Waals surface area contributed by atoms with Gasteiger partial charge in [0.15, 0.2) is 11.6 Å². The molecule has 0 radical (unpaired) electrons. The Morgan fingerprint density at radius 1 is 1.27 bits per heavy atom. The Bertz CT molecular complexity index is 508. The topological polar surface area (TPSA) is 77.5 Å². The van der Waals surface area contributed by atoms with Crippen LogP contribution in [0.1, 0.15) is 48.0 Å². The Labute approximate surface area is 184 Å². The summed E-state index contributed by atoms with van der Waals surface area (Å²) in [5.41, 5.74) is 1.16. The van der Waals surface area contributed by atoms with Crippen molar-refractivity contribution in [2.45, 2.75) is 54.1 Å². The van der Waals surface area contributed by atoms with E-state index >= 15 is 0 Å². The number of ketones is 2. The Morgan fingerprint density at radius 3 is 1.57 bits per heavy atom. The summed E-state index contributed by atoms with van der Waals surface area (Å²) < 4.78 is 14.0. The monoisotopic (exact) mass is 425 g/mol. The molecule has 0 aromatic carbocycles. The number of ether oxygens (including phenoxy) is 3. The van der Waals surface area contributed by atoms with Gasteiger partial charge in [-0.2, -0.15) is 0 Å². The third-order valence-corrected chi connectivity index (χ3v) is 3.47. The highest BCUT2D eigenvalue weighted by molar-refractivity contribution is 5.91. The first-order chi connectivity index (χ1) is 13.9. The van der Waals surface area contributed by atoms with Crippen molar-refractivity contribution < 1.29 is 23.8 Å². The lowest BCUT2D eigenvalue weighted by Crippen LogP contribution is -2.38. The molecule has 1 atom stereocenters. The van der Waals surface area contributed by atoms with Crippen LogP contribution in [-0.2, 0) is 23.8 Å². The van der Waals surface area contributed by atoms with Gasteiger partial charge < -0.3 is 14.2 Å². The van der Waals surface area contributed by atoms with Crippen molar-refractivity contribution in [1.29, 1.82) is 0 Å². The van der Waals surface area contributed by atoms with Gasteiger partial charge in [-0.15, -0.1) is 0 Å². The molecular weight excluding hydrogens is 382 g/mol. The van der Waals surface area contributed by atoms with Gasteiger partial charge >= 0.3 is 0 Å². The van der Waals surface area contributed by atoms with Crippen LogP contribution in [0.2, 0.25) is 0 Å². The van der Waals surface area contributed by atoms with Gasteiger partial charge in [-0.05, 0) is 58.2 Å². The largest absolute Gasteiger partial charge is 0.505 e. The van der Waals surface area contributed by atoms with Crippen LogP contribution in [0.25, 0.3) is 0 Å². The number of allylic oxidation sites excluding steroid dienone is 2. The van der Waals surface area contributed by atoms with E-state index in [1.165, 1.54) is 32.6 Å². The maximum Gasteiger partial charge on any atom is 0.154 e. The fourth-order valence-electron chi connectivity index (χ4n) is 0.751. The molecule has 0 amide bonds. The zero-order valence-electron chi connectivity index (χ0n) is 20.4. The van der Waals surface area contributed by atoms with Crippen LogP contribution in [-0.4, -0.2) is 57.5 Å². The van der Waals surface area contributed by atoms with Gasteiger partial charge in [0.1, 0.15) is 0 Å². The zero-order chi connectivity index (χ0) is 24.6. The summed E-state index contributed by atoms with van der Waals surface area (Å²) in [5.74, 6) is 2.39. The number of epoxide rings is 1. The minimum Gasteiger partial charge on any atom is -0.505 e. The van der Waals surface area contributed by atoms with Crippen LogP contribution in [0.4, 0.5) is 0 Å². The van der Waals surface area contributed by atoms with E-state index in [0.717, 1.165) is 19.8 Å². The predicted molar refractivity (Wildman–Crippen MR) is 127 cm³/mol. The average molecular weight is 426 g/mol. The molecule has 2 rings (SSSR count). The van der Waals surface area contributed by atoms with Crippen molar-refractivity contribution in [2.24, 2.45) is 10.4 Å². The van der Waals surface area contributed by atoms with Crippen LogP contribution in [0.5, 0.6) is 0 Å². The first-order valence-corrected chi connectivity index (χ1v) is 9.64. The van der Waals surface area contributed by atoms with Crippen molar-refractivity contribution in [3.05, 3.63) is 44.2 Å². The van der Waals surface area contributed by atoms with Gasteiger partial charge in [0, 0.05) is 12.5 Å². The predicted octanol–water partition coefficient (Wildman–Crippen LogP) is 5.00. The Balaban J connectivity index is -0.000000137. The van der Waals surface area contributed by atoms with Crippen molar-refractivity contribution >= 4 is 17.4 Å². The molecule has 0 saturated carbocycles. The third-order valence-electron chi connectivity index (χ3n) is 3.47. The molecule has 0 spiro atoms. The van der Waals surface area contributed by atoms with E-state index in [2.05, 4.69) is 62.7 Å². The molecule has 0 bridgehead atoms. The van der Waals surface area contributed by atoms with E-state index in [1.807, 2.05) is 0 Å². The van der Waals surface area contributed by atoms with Crippen LogP contribution >= 0.6 is 0 Å². The third kappa shape index (κ3) is 40.4. The SMILES string of the molecule is C=C(C)C(C)=O.C=C=NC.C=CC(C)=O.C=COC.CC1CO1.CCC1(C)COC1. The average Bonchev–Trinajstić information content (AvgIpc) is 3.49. The Kier molecular flexibility index (Phi) is 29.0. The zero-order valence-corrected chi connectivity index (χ0v) is 20.4. The van der Waals surface area contributed by atoms with E-state index in [-0.39, 0.29) is 11.6 Å². The van der Waals surface area contributed by atoms with E-state index < -0.39 is 0 Å². The second-order valence-electron chi connectivity index (χ2n) is 6.74. The highest BCUT2D eigenvalue weighted by Gasteiger charge is 2.30. The van der Waals surface area contributed by atoms with Gasteiger partial charge in [-0.3, -0.25) is 9.59 Å². The molecule has 0 aromatic heterocycles. The van der Waals surface area contributed by atoms with Crippen LogP contribution in [0.3, 0.4) is 0 Å². The van der Waals surface area contributed by atoms with Crippen LogP contribution in [0, 0.1) is 5.41 Å². The first kappa shape index (κ1) is 35.2. The maximum absolute atomic E-state index is 10.0. The minimum absolute atomic E-state index is 0.0185. The number of carbonyl (C=O) groups excluding carboxylic acids is 2. The summed E-state index contributed by atoms with van der Waals surface area (Å²) in [4.78, 5) is 23.1. The number of Topliss-reactive ketones (excluding diaryl/α,β-unsaturated/α-hetero) is 1. The smallest absolute Gasteiger partial charge is 0.154 e. The second-order valence-corrected chi connectivity index (χ2v) is 6.74. The Morgan fingerprint density at radius 2 is 1.57 bits per heavy atom. The number of carbonyl (C=O) groups is 2. The molecule has 2 aliphatic heterocycles. The van der Waals surface area contributed by atoms with Crippen molar-refractivity contribution in [2.75, 3.05) is 34.0 Å². The number of rotatable bonds is 4. The molecule has 0 aliphatic carbocycles. The number of methoxy groups -OCH3 is 1. The number of hydrogen-bond acceptors (Lipinski definition) is 6. The molecule has 2 heterocycles.